The van der Waals surface area contributed by atoms with E-state index >= 15 is 0 Å². The van der Waals surface area contributed by atoms with E-state index in [1.165, 1.54) is 6.07 Å². The average molecular weight is 327 g/mol. The van der Waals surface area contributed by atoms with Gasteiger partial charge in [-0.2, -0.15) is 0 Å². The Balaban J connectivity index is 2.37. The highest BCUT2D eigenvalue weighted by molar-refractivity contribution is 6.40. The molecule has 0 aliphatic carbocycles. The van der Waals surface area contributed by atoms with Crippen molar-refractivity contribution in [3.63, 3.8) is 0 Å². The second kappa shape index (κ2) is 5.92. The summed E-state index contributed by atoms with van der Waals surface area (Å²) in [6, 6.07) is 5.90. The third-order valence-electron chi connectivity index (χ3n) is 3.17. The van der Waals surface area contributed by atoms with Gasteiger partial charge in [0, 0.05) is 16.8 Å². The first kappa shape index (κ1) is 15.6. The Bertz CT molecular complexity index is 709. The molecule has 0 saturated heterocycles. The molecule has 0 unspecified atom stereocenters. The number of benzene rings is 2. The minimum absolute atomic E-state index is 0.101. The van der Waals surface area contributed by atoms with Crippen molar-refractivity contribution in [3.8, 4) is 0 Å². The molecule has 0 saturated carbocycles. The third kappa shape index (κ3) is 3.12. The highest BCUT2D eigenvalue weighted by Gasteiger charge is 2.15. The number of nitrogen functional groups attached to an aromatic ring is 1. The Labute approximate surface area is 131 Å². The molecule has 0 radical (unpaired) electrons. The molecular formula is C15H13Cl2FN2O. The SMILES string of the molecule is Cc1ccc(Cl)c(NC(=O)c2cc(N)c(C)c(F)c2)c1Cl. The fraction of sp³-hybridized carbons (Fsp3) is 0.133. The molecule has 0 atom stereocenters. The van der Waals surface area contributed by atoms with Gasteiger partial charge in [-0.15, -0.1) is 0 Å². The summed E-state index contributed by atoms with van der Waals surface area (Å²) in [5.41, 5.74) is 7.34. The topological polar surface area (TPSA) is 55.1 Å². The van der Waals surface area contributed by atoms with Crippen molar-refractivity contribution >= 4 is 40.5 Å². The summed E-state index contributed by atoms with van der Waals surface area (Å²) in [6.07, 6.45) is 0. The van der Waals surface area contributed by atoms with Gasteiger partial charge in [0.1, 0.15) is 5.82 Å². The van der Waals surface area contributed by atoms with Gasteiger partial charge in [-0.1, -0.05) is 29.3 Å². The summed E-state index contributed by atoms with van der Waals surface area (Å²) in [7, 11) is 0. The fourth-order valence-electron chi connectivity index (χ4n) is 1.79. The number of hydrogen-bond acceptors (Lipinski definition) is 2. The molecule has 3 nitrogen and oxygen atoms in total. The molecule has 2 aromatic rings. The predicted molar refractivity (Wildman–Crippen MR) is 84.7 cm³/mol. The van der Waals surface area contributed by atoms with Gasteiger partial charge in [0.25, 0.3) is 5.91 Å². The first-order valence-electron chi connectivity index (χ1n) is 6.13. The number of amides is 1. The van der Waals surface area contributed by atoms with E-state index < -0.39 is 11.7 Å². The normalized spacial score (nSPS) is 10.5. The standard InChI is InChI=1S/C15H13Cl2FN2O/c1-7-3-4-10(16)14(13(7)17)20-15(21)9-5-11(18)8(2)12(19)6-9/h3-6H,19H2,1-2H3,(H,20,21). The largest absolute Gasteiger partial charge is 0.398 e. The molecule has 0 heterocycles. The number of carbonyl (C=O) groups is 1. The number of rotatable bonds is 2. The number of anilines is 2. The Kier molecular flexibility index (Phi) is 4.40. The number of hydrogen-bond donors (Lipinski definition) is 2. The van der Waals surface area contributed by atoms with Crippen LogP contribution in [0, 0.1) is 19.7 Å². The lowest BCUT2D eigenvalue weighted by Crippen LogP contribution is -2.14. The molecule has 1 amide bonds. The smallest absolute Gasteiger partial charge is 0.255 e. The number of nitrogens with one attached hydrogen (secondary N) is 1. The van der Waals surface area contributed by atoms with Gasteiger partial charge >= 0.3 is 0 Å². The Morgan fingerprint density at radius 3 is 2.52 bits per heavy atom. The van der Waals surface area contributed by atoms with Crippen molar-refractivity contribution in [2.24, 2.45) is 0 Å². The van der Waals surface area contributed by atoms with Crippen LogP contribution in [0.2, 0.25) is 10.0 Å². The van der Waals surface area contributed by atoms with Crippen LogP contribution in [0.5, 0.6) is 0 Å². The van der Waals surface area contributed by atoms with E-state index in [0.717, 1.165) is 11.6 Å². The number of halogens is 3. The Morgan fingerprint density at radius 1 is 1.24 bits per heavy atom. The molecule has 3 N–H and O–H groups in total. The molecule has 6 heteroatoms. The van der Waals surface area contributed by atoms with E-state index in [2.05, 4.69) is 5.32 Å². The lowest BCUT2D eigenvalue weighted by atomic mass is 10.1. The second-order valence-corrected chi connectivity index (χ2v) is 5.46. The molecule has 0 bridgehead atoms. The van der Waals surface area contributed by atoms with Crippen LogP contribution in [0.15, 0.2) is 24.3 Å². The minimum atomic E-state index is -0.540. The van der Waals surface area contributed by atoms with Crippen LogP contribution in [-0.4, -0.2) is 5.91 Å². The van der Waals surface area contributed by atoms with Gasteiger partial charge in [-0.25, -0.2) is 4.39 Å². The lowest BCUT2D eigenvalue weighted by Gasteiger charge is -2.12. The summed E-state index contributed by atoms with van der Waals surface area (Å²) >= 11 is 12.1. The van der Waals surface area contributed by atoms with Gasteiger partial charge in [0.05, 0.1) is 15.7 Å². The van der Waals surface area contributed by atoms with Crippen molar-refractivity contribution < 1.29 is 9.18 Å². The zero-order valence-corrected chi connectivity index (χ0v) is 12.9. The van der Waals surface area contributed by atoms with E-state index in [9.17, 15) is 9.18 Å². The molecule has 0 aromatic heterocycles. The van der Waals surface area contributed by atoms with Gasteiger partial charge in [-0.3, -0.25) is 4.79 Å². The summed E-state index contributed by atoms with van der Waals surface area (Å²) in [5, 5.41) is 3.23. The molecule has 0 fully saturated rings. The quantitative estimate of drug-likeness (QED) is 0.793. The molecule has 2 aromatic carbocycles. The highest BCUT2D eigenvalue weighted by atomic mass is 35.5. The third-order valence-corrected chi connectivity index (χ3v) is 3.97. The van der Waals surface area contributed by atoms with Gasteiger partial charge in [0.15, 0.2) is 0 Å². The van der Waals surface area contributed by atoms with Crippen molar-refractivity contribution in [3.05, 3.63) is 56.8 Å². The van der Waals surface area contributed by atoms with E-state index in [1.54, 1.807) is 26.0 Å². The summed E-state index contributed by atoms with van der Waals surface area (Å²) in [4.78, 5) is 12.2. The predicted octanol–water partition coefficient (Wildman–Crippen LogP) is 4.58. The molecule has 2 rings (SSSR count). The minimum Gasteiger partial charge on any atom is -0.398 e. The first-order chi connectivity index (χ1) is 9.81. The van der Waals surface area contributed by atoms with Gasteiger partial charge in [0.2, 0.25) is 0 Å². The number of carbonyl (C=O) groups excluding carboxylic acids is 1. The lowest BCUT2D eigenvalue weighted by molar-refractivity contribution is 0.102. The second-order valence-electron chi connectivity index (χ2n) is 4.68. The first-order valence-corrected chi connectivity index (χ1v) is 6.88. The number of aryl methyl sites for hydroxylation is 1. The monoisotopic (exact) mass is 326 g/mol. The summed E-state index contributed by atoms with van der Waals surface area (Å²) in [5.74, 6) is -1.07. The molecule has 0 spiro atoms. The van der Waals surface area contributed by atoms with Crippen molar-refractivity contribution in [2.75, 3.05) is 11.1 Å². The molecule has 0 aliphatic rings. The van der Waals surface area contributed by atoms with E-state index in [0.29, 0.717) is 21.3 Å². The van der Waals surface area contributed by atoms with Gasteiger partial charge in [-0.05, 0) is 37.6 Å². The van der Waals surface area contributed by atoms with Crippen LogP contribution in [0.1, 0.15) is 21.5 Å². The number of nitrogens with two attached hydrogens (primary N) is 1. The maximum Gasteiger partial charge on any atom is 0.255 e. The van der Waals surface area contributed by atoms with E-state index in [4.69, 9.17) is 28.9 Å². The molecule has 21 heavy (non-hydrogen) atoms. The Hall–Kier alpha value is -1.78. The van der Waals surface area contributed by atoms with Crippen molar-refractivity contribution in [2.45, 2.75) is 13.8 Å². The maximum atomic E-state index is 13.6. The fourth-order valence-corrected chi connectivity index (χ4v) is 2.25. The average Bonchev–Trinajstić information content (AvgIpc) is 2.44. The van der Waals surface area contributed by atoms with E-state index in [-0.39, 0.29) is 11.3 Å². The van der Waals surface area contributed by atoms with Crippen LogP contribution in [-0.2, 0) is 0 Å². The van der Waals surface area contributed by atoms with Crippen LogP contribution in [0.3, 0.4) is 0 Å². The summed E-state index contributed by atoms with van der Waals surface area (Å²) in [6.45, 7) is 3.33. The van der Waals surface area contributed by atoms with Crippen LogP contribution < -0.4 is 11.1 Å². The van der Waals surface area contributed by atoms with Crippen molar-refractivity contribution in [1.82, 2.24) is 0 Å². The van der Waals surface area contributed by atoms with Crippen molar-refractivity contribution in [1.29, 1.82) is 0 Å². The van der Waals surface area contributed by atoms with Crippen LogP contribution in [0.4, 0.5) is 15.8 Å². The van der Waals surface area contributed by atoms with Crippen LogP contribution >= 0.6 is 23.2 Å². The Morgan fingerprint density at radius 2 is 1.90 bits per heavy atom. The zero-order valence-electron chi connectivity index (χ0n) is 11.4. The zero-order chi connectivity index (χ0) is 15.7. The maximum absolute atomic E-state index is 13.6. The van der Waals surface area contributed by atoms with E-state index in [1.807, 2.05) is 0 Å². The molecular weight excluding hydrogens is 314 g/mol. The molecule has 0 aliphatic heterocycles. The van der Waals surface area contributed by atoms with Gasteiger partial charge < -0.3 is 11.1 Å². The molecule has 110 valence electrons. The summed E-state index contributed by atoms with van der Waals surface area (Å²) < 4.78 is 13.6. The highest BCUT2D eigenvalue weighted by Crippen LogP contribution is 2.33. The van der Waals surface area contributed by atoms with Crippen LogP contribution in [0.25, 0.3) is 0 Å².